The Kier molecular flexibility index (Phi) is 6.12. The summed E-state index contributed by atoms with van der Waals surface area (Å²) in [6.07, 6.45) is 0. The molecule has 0 aliphatic carbocycles. The lowest BCUT2D eigenvalue weighted by atomic mass is 10.1. The molecule has 0 aliphatic rings. The molecule has 2 aromatic rings. The number of thioether (sulfide) groups is 1. The van der Waals surface area contributed by atoms with E-state index in [1.807, 2.05) is 31.2 Å². The fourth-order valence-corrected chi connectivity index (χ4v) is 3.16. The van der Waals surface area contributed by atoms with E-state index in [2.05, 4.69) is 20.3 Å². The lowest BCUT2D eigenvalue weighted by Crippen LogP contribution is -2.23. The molecule has 23 heavy (non-hydrogen) atoms. The number of ether oxygens (including phenoxy) is 1. The molecule has 0 saturated carbocycles. The van der Waals surface area contributed by atoms with Gasteiger partial charge < -0.3 is 4.74 Å². The van der Waals surface area contributed by atoms with Crippen molar-refractivity contribution in [3.63, 3.8) is 0 Å². The first kappa shape index (κ1) is 17.4. The number of esters is 1. The Hall–Kier alpha value is -1.93. The van der Waals surface area contributed by atoms with Crippen LogP contribution in [0.5, 0.6) is 0 Å². The average molecular weight is 351 g/mol. The van der Waals surface area contributed by atoms with Gasteiger partial charge in [-0.25, -0.2) is 0 Å². The molecule has 8 heteroatoms. The summed E-state index contributed by atoms with van der Waals surface area (Å²) in [5.41, 5.74) is 2.10. The highest BCUT2D eigenvalue weighted by Gasteiger charge is 2.17. The molecule has 1 amide bonds. The van der Waals surface area contributed by atoms with Gasteiger partial charge in [-0.15, -0.1) is 22.0 Å². The minimum absolute atomic E-state index is 0.135. The molecule has 0 spiro atoms. The van der Waals surface area contributed by atoms with E-state index in [0.29, 0.717) is 5.13 Å². The highest BCUT2D eigenvalue weighted by atomic mass is 32.2. The van der Waals surface area contributed by atoms with Gasteiger partial charge in [-0.05, 0) is 19.9 Å². The van der Waals surface area contributed by atoms with Crippen LogP contribution in [0.3, 0.4) is 0 Å². The molecule has 0 unspecified atom stereocenters. The van der Waals surface area contributed by atoms with Gasteiger partial charge in [-0.1, -0.05) is 35.1 Å². The standard InChI is InChI=1S/C15H17N3O3S2/c1-9-5-4-6-11(7-9)14-17-18-15(23-14)16-13(20)10(2)22-8-12(19)21-3/h4-7,10H,8H2,1-3H3,(H,16,18,20)/t10-/m0/s1. The van der Waals surface area contributed by atoms with Gasteiger partial charge in [0, 0.05) is 5.56 Å². The third kappa shape index (κ3) is 5.04. The van der Waals surface area contributed by atoms with E-state index in [1.54, 1.807) is 6.92 Å². The maximum Gasteiger partial charge on any atom is 0.315 e. The monoisotopic (exact) mass is 351 g/mol. The number of nitrogens with one attached hydrogen (secondary N) is 1. The fourth-order valence-electron chi connectivity index (χ4n) is 1.70. The Labute approximate surface area is 142 Å². The Morgan fingerprint density at radius 3 is 2.87 bits per heavy atom. The molecule has 122 valence electrons. The molecule has 0 aliphatic heterocycles. The first-order valence-corrected chi connectivity index (χ1v) is 8.76. The second kappa shape index (κ2) is 8.07. The van der Waals surface area contributed by atoms with E-state index in [1.165, 1.54) is 30.2 Å². The molecular formula is C15H17N3O3S2. The number of anilines is 1. The number of methoxy groups -OCH3 is 1. The Morgan fingerprint density at radius 1 is 1.39 bits per heavy atom. The van der Waals surface area contributed by atoms with E-state index in [0.717, 1.165) is 16.1 Å². The zero-order chi connectivity index (χ0) is 16.8. The smallest absolute Gasteiger partial charge is 0.315 e. The summed E-state index contributed by atoms with van der Waals surface area (Å²) in [5.74, 6) is -0.436. The molecule has 0 fully saturated rings. The van der Waals surface area contributed by atoms with Gasteiger partial charge in [-0.2, -0.15) is 0 Å². The molecular weight excluding hydrogens is 334 g/mol. The normalized spacial score (nSPS) is 11.8. The van der Waals surface area contributed by atoms with Crippen molar-refractivity contribution < 1.29 is 14.3 Å². The van der Waals surface area contributed by atoms with Crippen LogP contribution in [-0.4, -0.2) is 40.2 Å². The molecule has 0 bridgehead atoms. The minimum Gasteiger partial charge on any atom is -0.468 e. The van der Waals surface area contributed by atoms with Crippen molar-refractivity contribution in [2.24, 2.45) is 0 Å². The Bertz CT molecular complexity index is 703. The number of hydrogen-bond donors (Lipinski definition) is 1. The quantitative estimate of drug-likeness (QED) is 0.806. The minimum atomic E-state index is -0.389. The summed E-state index contributed by atoms with van der Waals surface area (Å²) in [4.78, 5) is 23.2. The van der Waals surface area contributed by atoms with Crippen molar-refractivity contribution in [2.45, 2.75) is 19.1 Å². The van der Waals surface area contributed by atoms with Crippen molar-refractivity contribution >= 4 is 40.1 Å². The number of aryl methyl sites for hydroxylation is 1. The molecule has 0 radical (unpaired) electrons. The van der Waals surface area contributed by atoms with E-state index < -0.39 is 0 Å². The largest absolute Gasteiger partial charge is 0.468 e. The highest BCUT2D eigenvalue weighted by molar-refractivity contribution is 8.01. The van der Waals surface area contributed by atoms with E-state index in [-0.39, 0.29) is 22.9 Å². The third-order valence-corrected chi connectivity index (χ3v) is 4.97. The molecule has 1 heterocycles. The van der Waals surface area contributed by atoms with Gasteiger partial charge in [0.2, 0.25) is 11.0 Å². The SMILES string of the molecule is COC(=O)CS[C@@H](C)C(=O)Nc1nnc(-c2cccc(C)c2)s1. The van der Waals surface area contributed by atoms with E-state index in [4.69, 9.17) is 0 Å². The van der Waals surface area contributed by atoms with Crippen LogP contribution in [0, 0.1) is 6.92 Å². The zero-order valence-corrected chi connectivity index (χ0v) is 14.7. The first-order chi connectivity index (χ1) is 11.0. The maximum atomic E-state index is 12.1. The van der Waals surface area contributed by atoms with Crippen LogP contribution < -0.4 is 5.32 Å². The van der Waals surface area contributed by atoms with Crippen molar-refractivity contribution in [3.05, 3.63) is 29.8 Å². The molecule has 0 saturated heterocycles. The van der Waals surface area contributed by atoms with Crippen LogP contribution in [0.1, 0.15) is 12.5 Å². The van der Waals surface area contributed by atoms with Crippen LogP contribution in [0.15, 0.2) is 24.3 Å². The molecule has 2 rings (SSSR count). The molecule has 1 aromatic carbocycles. The second-order valence-electron chi connectivity index (χ2n) is 4.80. The summed E-state index contributed by atoms with van der Waals surface area (Å²) in [5, 5.41) is 11.6. The number of benzene rings is 1. The number of hydrogen-bond acceptors (Lipinski definition) is 7. The van der Waals surface area contributed by atoms with Crippen molar-refractivity contribution in [1.29, 1.82) is 0 Å². The number of carbonyl (C=O) groups is 2. The summed E-state index contributed by atoms with van der Waals surface area (Å²) >= 11 is 2.53. The Morgan fingerprint density at radius 2 is 2.17 bits per heavy atom. The molecule has 1 N–H and O–H groups in total. The average Bonchev–Trinajstić information content (AvgIpc) is 3.00. The van der Waals surface area contributed by atoms with Gasteiger partial charge in [0.25, 0.3) is 0 Å². The van der Waals surface area contributed by atoms with Gasteiger partial charge in [0.1, 0.15) is 5.01 Å². The summed E-state index contributed by atoms with van der Waals surface area (Å²) in [7, 11) is 1.32. The number of aromatic nitrogens is 2. The predicted molar refractivity (Wildman–Crippen MR) is 92.6 cm³/mol. The topological polar surface area (TPSA) is 81.2 Å². The van der Waals surface area contributed by atoms with Crippen molar-refractivity contribution in [2.75, 3.05) is 18.2 Å². The van der Waals surface area contributed by atoms with E-state index in [9.17, 15) is 9.59 Å². The van der Waals surface area contributed by atoms with Crippen LogP contribution in [0.2, 0.25) is 0 Å². The number of amides is 1. The summed E-state index contributed by atoms with van der Waals surface area (Å²) in [6.45, 7) is 3.73. The van der Waals surface area contributed by atoms with Gasteiger partial charge >= 0.3 is 5.97 Å². The lowest BCUT2D eigenvalue weighted by molar-refractivity contribution is -0.137. The van der Waals surface area contributed by atoms with Gasteiger partial charge in [0.05, 0.1) is 18.1 Å². The predicted octanol–water partition coefficient (Wildman–Crippen LogP) is 2.75. The van der Waals surface area contributed by atoms with Gasteiger partial charge in [-0.3, -0.25) is 14.9 Å². The van der Waals surface area contributed by atoms with Crippen molar-refractivity contribution in [1.82, 2.24) is 10.2 Å². The van der Waals surface area contributed by atoms with Crippen LogP contribution in [-0.2, 0) is 14.3 Å². The second-order valence-corrected chi connectivity index (χ2v) is 7.11. The molecule has 1 atom stereocenters. The summed E-state index contributed by atoms with van der Waals surface area (Å²) in [6, 6.07) is 7.93. The fraction of sp³-hybridized carbons (Fsp3) is 0.333. The van der Waals surface area contributed by atoms with Crippen LogP contribution >= 0.6 is 23.1 Å². The molecule has 6 nitrogen and oxygen atoms in total. The number of rotatable bonds is 6. The Balaban J connectivity index is 1.96. The van der Waals surface area contributed by atoms with E-state index >= 15 is 0 Å². The zero-order valence-electron chi connectivity index (χ0n) is 13.0. The summed E-state index contributed by atoms with van der Waals surface area (Å²) < 4.78 is 4.55. The number of nitrogens with zero attached hydrogens (tertiary/aromatic N) is 2. The van der Waals surface area contributed by atoms with Crippen molar-refractivity contribution in [3.8, 4) is 10.6 Å². The maximum absolute atomic E-state index is 12.1. The molecule has 1 aromatic heterocycles. The highest BCUT2D eigenvalue weighted by Crippen LogP contribution is 2.27. The van der Waals surface area contributed by atoms with Crippen LogP contribution in [0.4, 0.5) is 5.13 Å². The number of carbonyl (C=O) groups excluding carboxylic acids is 2. The van der Waals surface area contributed by atoms with Gasteiger partial charge in [0.15, 0.2) is 0 Å². The van der Waals surface area contributed by atoms with Crippen LogP contribution in [0.25, 0.3) is 10.6 Å². The lowest BCUT2D eigenvalue weighted by Gasteiger charge is -2.08. The first-order valence-electron chi connectivity index (χ1n) is 6.89. The third-order valence-electron chi connectivity index (χ3n) is 2.97.